The van der Waals surface area contributed by atoms with E-state index in [0.717, 1.165) is 0 Å². The maximum absolute atomic E-state index is 11.0. The monoisotopic (exact) mass is 178 g/mol. The lowest BCUT2D eigenvalue weighted by atomic mass is 10.2. The van der Waals surface area contributed by atoms with Crippen molar-refractivity contribution in [3.05, 3.63) is 29.6 Å². The van der Waals surface area contributed by atoms with Crippen molar-refractivity contribution < 1.29 is 9.59 Å². The SMILES string of the molecule is CNC(=O)c1ccc(C(C)=O)cn1. The van der Waals surface area contributed by atoms with Crippen LogP contribution in [0.2, 0.25) is 0 Å². The van der Waals surface area contributed by atoms with E-state index in [2.05, 4.69) is 10.3 Å². The number of pyridine rings is 1. The van der Waals surface area contributed by atoms with Gasteiger partial charge in [0, 0.05) is 18.8 Å². The summed E-state index contributed by atoms with van der Waals surface area (Å²) in [4.78, 5) is 25.7. The second-order valence-electron chi connectivity index (χ2n) is 2.57. The minimum atomic E-state index is -0.255. The van der Waals surface area contributed by atoms with Crippen LogP contribution in [0.4, 0.5) is 0 Å². The van der Waals surface area contributed by atoms with Crippen molar-refractivity contribution >= 4 is 11.7 Å². The van der Waals surface area contributed by atoms with Crippen LogP contribution in [0.3, 0.4) is 0 Å². The Labute approximate surface area is 76.0 Å². The lowest BCUT2D eigenvalue weighted by Gasteiger charge is -1.98. The van der Waals surface area contributed by atoms with Crippen LogP contribution in [0.5, 0.6) is 0 Å². The molecule has 68 valence electrons. The molecule has 0 bridgehead atoms. The summed E-state index contributed by atoms with van der Waals surface area (Å²) in [6.07, 6.45) is 1.40. The first-order valence-corrected chi connectivity index (χ1v) is 3.84. The number of nitrogens with one attached hydrogen (secondary N) is 1. The van der Waals surface area contributed by atoms with Crippen LogP contribution in [-0.4, -0.2) is 23.7 Å². The lowest BCUT2D eigenvalue weighted by molar-refractivity contribution is 0.0955. The normalized spacial score (nSPS) is 9.38. The zero-order valence-electron chi connectivity index (χ0n) is 7.50. The molecule has 1 aromatic rings. The fraction of sp³-hybridized carbons (Fsp3) is 0.222. The number of carbonyl (C=O) groups is 2. The van der Waals surface area contributed by atoms with E-state index in [1.54, 1.807) is 6.07 Å². The van der Waals surface area contributed by atoms with Gasteiger partial charge in [0.05, 0.1) is 0 Å². The molecule has 0 aromatic carbocycles. The highest BCUT2D eigenvalue weighted by Crippen LogP contribution is 2.00. The van der Waals surface area contributed by atoms with Crippen LogP contribution >= 0.6 is 0 Å². The molecule has 13 heavy (non-hydrogen) atoms. The second kappa shape index (κ2) is 3.80. The van der Waals surface area contributed by atoms with Gasteiger partial charge >= 0.3 is 0 Å². The van der Waals surface area contributed by atoms with Crippen molar-refractivity contribution in [2.75, 3.05) is 7.05 Å². The van der Waals surface area contributed by atoms with E-state index in [9.17, 15) is 9.59 Å². The molecule has 1 heterocycles. The fourth-order valence-electron chi connectivity index (χ4n) is 0.865. The number of carbonyl (C=O) groups excluding carboxylic acids is 2. The number of nitrogens with zero attached hydrogens (tertiary/aromatic N) is 1. The van der Waals surface area contributed by atoms with Gasteiger partial charge in [-0.15, -0.1) is 0 Å². The zero-order valence-corrected chi connectivity index (χ0v) is 7.50. The molecule has 1 aromatic heterocycles. The van der Waals surface area contributed by atoms with Crippen LogP contribution in [0.15, 0.2) is 18.3 Å². The molecule has 0 atom stereocenters. The Morgan fingerprint density at radius 3 is 2.46 bits per heavy atom. The molecule has 4 nitrogen and oxygen atoms in total. The largest absolute Gasteiger partial charge is 0.354 e. The molecule has 0 aliphatic rings. The molecular formula is C9H10N2O2. The predicted molar refractivity (Wildman–Crippen MR) is 47.6 cm³/mol. The lowest BCUT2D eigenvalue weighted by Crippen LogP contribution is -2.19. The van der Waals surface area contributed by atoms with Crippen molar-refractivity contribution in [1.82, 2.24) is 10.3 Å². The predicted octanol–water partition coefficient (Wildman–Crippen LogP) is 0.644. The highest BCUT2D eigenvalue weighted by molar-refractivity contribution is 5.95. The van der Waals surface area contributed by atoms with Crippen molar-refractivity contribution in [1.29, 1.82) is 0 Å². The van der Waals surface area contributed by atoms with E-state index in [1.807, 2.05) is 0 Å². The summed E-state index contributed by atoms with van der Waals surface area (Å²) in [5, 5.41) is 2.44. The summed E-state index contributed by atoms with van der Waals surface area (Å²) in [6.45, 7) is 1.45. The van der Waals surface area contributed by atoms with Gasteiger partial charge < -0.3 is 5.32 Å². The molecular weight excluding hydrogens is 168 g/mol. The number of Topliss-reactive ketones (excluding diaryl/α,β-unsaturated/α-hetero) is 1. The maximum Gasteiger partial charge on any atom is 0.269 e. The van der Waals surface area contributed by atoms with Gasteiger partial charge in [0.2, 0.25) is 0 Å². The van der Waals surface area contributed by atoms with E-state index < -0.39 is 0 Å². The van der Waals surface area contributed by atoms with E-state index in [4.69, 9.17) is 0 Å². The standard InChI is InChI=1S/C9H10N2O2/c1-6(12)7-3-4-8(11-5-7)9(13)10-2/h3-5H,1-2H3,(H,10,13). The fourth-order valence-corrected chi connectivity index (χ4v) is 0.865. The van der Waals surface area contributed by atoms with Crippen LogP contribution < -0.4 is 5.32 Å². The van der Waals surface area contributed by atoms with Gasteiger partial charge in [0.15, 0.2) is 5.78 Å². The number of rotatable bonds is 2. The van der Waals surface area contributed by atoms with Gasteiger partial charge in [-0.1, -0.05) is 0 Å². The van der Waals surface area contributed by atoms with Gasteiger partial charge in [-0.2, -0.15) is 0 Å². The smallest absolute Gasteiger partial charge is 0.269 e. The summed E-state index contributed by atoms with van der Waals surface area (Å²) in [5.41, 5.74) is 0.820. The van der Waals surface area contributed by atoms with Crippen LogP contribution in [0, 0.1) is 0 Å². The first-order chi connectivity index (χ1) is 6.15. The third-order valence-electron chi connectivity index (χ3n) is 1.63. The Hall–Kier alpha value is -1.71. The molecule has 0 saturated heterocycles. The summed E-state index contributed by atoms with van der Waals surface area (Å²) < 4.78 is 0. The molecule has 0 unspecified atom stereocenters. The van der Waals surface area contributed by atoms with Gasteiger partial charge in [-0.05, 0) is 19.1 Å². The first kappa shape index (κ1) is 9.38. The number of ketones is 1. The van der Waals surface area contributed by atoms with Gasteiger partial charge in [0.1, 0.15) is 5.69 Å². The molecule has 4 heteroatoms. The zero-order chi connectivity index (χ0) is 9.84. The average molecular weight is 178 g/mol. The highest BCUT2D eigenvalue weighted by Gasteiger charge is 2.05. The topological polar surface area (TPSA) is 59.1 Å². The number of amides is 1. The van der Waals surface area contributed by atoms with Crippen molar-refractivity contribution in [3.8, 4) is 0 Å². The van der Waals surface area contributed by atoms with E-state index in [0.29, 0.717) is 11.3 Å². The van der Waals surface area contributed by atoms with Gasteiger partial charge in [-0.3, -0.25) is 14.6 Å². The van der Waals surface area contributed by atoms with Crippen LogP contribution in [-0.2, 0) is 0 Å². The Balaban J connectivity index is 2.93. The average Bonchev–Trinajstić information content (AvgIpc) is 2.17. The van der Waals surface area contributed by atoms with E-state index in [1.165, 1.54) is 26.2 Å². The Morgan fingerprint density at radius 2 is 2.08 bits per heavy atom. The molecule has 0 aliphatic heterocycles. The quantitative estimate of drug-likeness (QED) is 0.676. The number of hydrogen-bond acceptors (Lipinski definition) is 3. The van der Waals surface area contributed by atoms with Gasteiger partial charge in [-0.25, -0.2) is 0 Å². The third-order valence-corrected chi connectivity index (χ3v) is 1.63. The van der Waals surface area contributed by atoms with Crippen molar-refractivity contribution in [3.63, 3.8) is 0 Å². The van der Waals surface area contributed by atoms with Gasteiger partial charge in [0.25, 0.3) is 5.91 Å². The molecule has 0 saturated carbocycles. The van der Waals surface area contributed by atoms with E-state index in [-0.39, 0.29) is 11.7 Å². The van der Waals surface area contributed by atoms with E-state index >= 15 is 0 Å². The Morgan fingerprint density at radius 1 is 1.38 bits per heavy atom. The molecule has 1 amide bonds. The maximum atomic E-state index is 11.0. The molecule has 1 rings (SSSR count). The Kier molecular flexibility index (Phi) is 2.74. The number of hydrogen-bond donors (Lipinski definition) is 1. The first-order valence-electron chi connectivity index (χ1n) is 3.84. The molecule has 0 fully saturated rings. The molecule has 1 N–H and O–H groups in total. The minimum Gasteiger partial charge on any atom is -0.354 e. The second-order valence-corrected chi connectivity index (χ2v) is 2.57. The third kappa shape index (κ3) is 2.11. The summed E-state index contributed by atoms with van der Waals surface area (Å²) in [6, 6.07) is 3.11. The molecule has 0 radical (unpaired) electrons. The summed E-state index contributed by atoms with van der Waals surface area (Å²) in [5.74, 6) is -0.314. The van der Waals surface area contributed by atoms with Crippen LogP contribution in [0.25, 0.3) is 0 Å². The molecule has 0 spiro atoms. The summed E-state index contributed by atoms with van der Waals surface area (Å²) in [7, 11) is 1.53. The molecule has 0 aliphatic carbocycles. The minimum absolute atomic E-state index is 0.0593. The summed E-state index contributed by atoms with van der Waals surface area (Å²) >= 11 is 0. The number of aromatic nitrogens is 1. The Bertz CT molecular complexity index is 330. The van der Waals surface area contributed by atoms with Crippen LogP contribution in [0.1, 0.15) is 27.8 Å². The highest BCUT2D eigenvalue weighted by atomic mass is 16.1. The van der Waals surface area contributed by atoms with Crippen molar-refractivity contribution in [2.24, 2.45) is 0 Å². The van der Waals surface area contributed by atoms with Crippen molar-refractivity contribution in [2.45, 2.75) is 6.92 Å².